The van der Waals surface area contributed by atoms with Crippen LogP contribution in [0.2, 0.25) is 0 Å². The Kier molecular flexibility index (Phi) is 7.65. The molecule has 4 heteroatoms. The number of aliphatic hydroxyl groups excluding tert-OH is 2. The Morgan fingerprint density at radius 3 is 1.79 bits per heavy atom. The quantitative estimate of drug-likeness (QED) is 0.659. The molecule has 2 N–H and O–H groups in total. The number of aliphatic hydroxyl groups is 2. The molecule has 0 spiro atoms. The summed E-state index contributed by atoms with van der Waals surface area (Å²) in [6.45, 7) is 4.12. The molecule has 0 heterocycles. The number of rotatable bonds is 10. The predicted molar refractivity (Wildman–Crippen MR) is 93.3 cm³/mol. The molecular formula is C20H24O4. The van der Waals surface area contributed by atoms with Crippen molar-refractivity contribution in [3.63, 3.8) is 0 Å². The van der Waals surface area contributed by atoms with E-state index in [4.69, 9.17) is 9.47 Å². The first-order valence-corrected chi connectivity index (χ1v) is 7.95. The van der Waals surface area contributed by atoms with Gasteiger partial charge in [0.05, 0.1) is 26.4 Å². The third-order valence-corrected chi connectivity index (χ3v) is 3.70. The Balaban J connectivity index is 1.99. The molecule has 2 atom stereocenters. The van der Waals surface area contributed by atoms with Crippen LogP contribution in [0.3, 0.4) is 0 Å². The third kappa shape index (κ3) is 5.58. The maximum absolute atomic E-state index is 9.69. The van der Waals surface area contributed by atoms with Crippen LogP contribution >= 0.6 is 0 Å². The Hall–Kier alpha value is -1.98. The van der Waals surface area contributed by atoms with Crippen molar-refractivity contribution in [1.82, 2.24) is 0 Å². The highest BCUT2D eigenvalue weighted by molar-refractivity contribution is 5.15. The van der Waals surface area contributed by atoms with E-state index >= 15 is 0 Å². The standard InChI is InChI=1S/C20H24O4/c1-16(12-21)20(24-15-18-10-6-3-7-11-18)19(13-22)23-14-17-8-4-2-5-9-17/h2-11,19-22H,1,12-15H2/t19-,20-/m1/s1. The van der Waals surface area contributed by atoms with Crippen molar-refractivity contribution in [2.24, 2.45) is 0 Å². The van der Waals surface area contributed by atoms with E-state index in [9.17, 15) is 10.2 Å². The molecule has 0 saturated carbocycles. The van der Waals surface area contributed by atoms with Gasteiger partial charge in [0, 0.05) is 0 Å². The topological polar surface area (TPSA) is 58.9 Å². The molecule has 0 aliphatic carbocycles. The van der Waals surface area contributed by atoms with Gasteiger partial charge in [-0.05, 0) is 16.7 Å². The summed E-state index contributed by atoms with van der Waals surface area (Å²) in [5, 5.41) is 19.1. The molecule has 0 fully saturated rings. The highest BCUT2D eigenvalue weighted by atomic mass is 16.5. The lowest BCUT2D eigenvalue weighted by molar-refractivity contribution is -0.0912. The molecule has 0 aromatic heterocycles. The molecule has 2 aromatic carbocycles. The summed E-state index contributed by atoms with van der Waals surface area (Å²) in [5.74, 6) is 0. The van der Waals surface area contributed by atoms with Crippen LogP contribution in [0.1, 0.15) is 11.1 Å². The van der Waals surface area contributed by atoms with E-state index in [-0.39, 0.29) is 13.2 Å². The molecule has 0 bridgehead atoms. The molecule has 0 amide bonds. The first-order chi connectivity index (χ1) is 11.7. The monoisotopic (exact) mass is 328 g/mol. The highest BCUT2D eigenvalue weighted by Gasteiger charge is 2.25. The third-order valence-electron chi connectivity index (χ3n) is 3.70. The predicted octanol–water partition coefficient (Wildman–Crippen LogP) is 2.70. The van der Waals surface area contributed by atoms with Gasteiger partial charge < -0.3 is 19.7 Å². The van der Waals surface area contributed by atoms with E-state index in [0.29, 0.717) is 18.8 Å². The zero-order chi connectivity index (χ0) is 17.2. The SMILES string of the molecule is C=C(CO)[C@@H](OCc1ccccc1)[C@@H](CO)OCc1ccccc1. The molecule has 2 aromatic rings. The minimum Gasteiger partial charge on any atom is -0.394 e. The summed E-state index contributed by atoms with van der Waals surface area (Å²) in [5.41, 5.74) is 2.50. The summed E-state index contributed by atoms with van der Waals surface area (Å²) < 4.78 is 11.7. The Morgan fingerprint density at radius 2 is 1.33 bits per heavy atom. The second-order valence-corrected chi connectivity index (χ2v) is 5.55. The minimum absolute atomic E-state index is 0.217. The number of ether oxygens (including phenoxy) is 2. The number of benzene rings is 2. The van der Waals surface area contributed by atoms with Crippen LogP contribution in [0.5, 0.6) is 0 Å². The van der Waals surface area contributed by atoms with Crippen molar-refractivity contribution in [2.45, 2.75) is 25.4 Å². The van der Waals surface area contributed by atoms with Gasteiger partial charge in [0.1, 0.15) is 12.2 Å². The molecular weight excluding hydrogens is 304 g/mol. The molecule has 0 saturated heterocycles. The fourth-order valence-corrected chi connectivity index (χ4v) is 2.35. The van der Waals surface area contributed by atoms with Crippen molar-refractivity contribution >= 4 is 0 Å². The van der Waals surface area contributed by atoms with Crippen LogP contribution in [0.25, 0.3) is 0 Å². The maximum Gasteiger partial charge on any atom is 0.111 e. The van der Waals surface area contributed by atoms with Gasteiger partial charge in [0.25, 0.3) is 0 Å². The summed E-state index contributed by atoms with van der Waals surface area (Å²) in [4.78, 5) is 0. The van der Waals surface area contributed by atoms with Gasteiger partial charge in [0.15, 0.2) is 0 Å². The zero-order valence-electron chi connectivity index (χ0n) is 13.7. The van der Waals surface area contributed by atoms with Crippen molar-refractivity contribution in [3.8, 4) is 0 Å². The summed E-state index contributed by atoms with van der Waals surface area (Å²) in [6, 6.07) is 19.4. The molecule has 0 unspecified atom stereocenters. The fraction of sp³-hybridized carbons (Fsp3) is 0.300. The molecule has 0 radical (unpaired) electrons. The fourth-order valence-electron chi connectivity index (χ4n) is 2.35. The van der Waals surface area contributed by atoms with E-state index < -0.39 is 12.2 Å². The van der Waals surface area contributed by atoms with E-state index in [0.717, 1.165) is 11.1 Å². The van der Waals surface area contributed by atoms with Gasteiger partial charge in [-0.1, -0.05) is 67.2 Å². The summed E-state index contributed by atoms with van der Waals surface area (Å²) in [7, 11) is 0. The lowest BCUT2D eigenvalue weighted by Crippen LogP contribution is -2.37. The maximum atomic E-state index is 9.69. The first kappa shape index (κ1) is 18.4. The van der Waals surface area contributed by atoms with E-state index in [1.807, 2.05) is 60.7 Å². The summed E-state index contributed by atoms with van der Waals surface area (Å²) in [6.07, 6.45) is -1.17. The van der Waals surface area contributed by atoms with Crippen LogP contribution in [0.4, 0.5) is 0 Å². The first-order valence-electron chi connectivity index (χ1n) is 7.95. The van der Waals surface area contributed by atoms with Crippen LogP contribution < -0.4 is 0 Å². The number of hydrogen-bond acceptors (Lipinski definition) is 4. The van der Waals surface area contributed by atoms with E-state index in [1.165, 1.54) is 0 Å². The minimum atomic E-state index is -0.589. The second-order valence-electron chi connectivity index (χ2n) is 5.55. The highest BCUT2D eigenvalue weighted by Crippen LogP contribution is 2.17. The average Bonchev–Trinajstić information content (AvgIpc) is 2.65. The molecule has 4 nitrogen and oxygen atoms in total. The Morgan fingerprint density at radius 1 is 0.833 bits per heavy atom. The molecule has 0 aliphatic rings. The van der Waals surface area contributed by atoms with E-state index in [2.05, 4.69) is 6.58 Å². The van der Waals surface area contributed by atoms with Crippen LogP contribution in [0.15, 0.2) is 72.8 Å². The average molecular weight is 328 g/mol. The van der Waals surface area contributed by atoms with Crippen molar-refractivity contribution in [1.29, 1.82) is 0 Å². The van der Waals surface area contributed by atoms with Crippen molar-refractivity contribution in [3.05, 3.63) is 83.9 Å². The van der Waals surface area contributed by atoms with Gasteiger partial charge >= 0.3 is 0 Å². The summed E-state index contributed by atoms with van der Waals surface area (Å²) >= 11 is 0. The van der Waals surface area contributed by atoms with Gasteiger partial charge in [-0.25, -0.2) is 0 Å². The number of hydrogen-bond donors (Lipinski definition) is 2. The van der Waals surface area contributed by atoms with Gasteiger partial charge in [-0.15, -0.1) is 0 Å². The van der Waals surface area contributed by atoms with Gasteiger partial charge in [0.2, 0.25) is 0 Å². The van der Waals surface area contributed by atoms with Crippen LogP contribution in [0, 0.1) is 0 Å². The Labute approximate surface area is 143 Å². The second kappa shape index (κ2) is 10.0. The van der Waals surface area contributed by atoms with Crippen molar-refractivity contribution in [2.75, 3.05) is 13.2 Å². The Bertz CT molecular complexity index is 598. The molecule has 128 valence electrons. The van der Waals surface area contributed by atoms with Crippen LogP contribution in [-0.4, -0.2) is 35.6 Å². The lowest BCUT2D eigenvalue weighted by atomic mass is 10.1. The zero-order valence-corrected chi connectivity index (χ0v) is 13.7. The van der Waals surface area contributed by atoms with Crippen molar-refractivity contribution < 1.29 is 19.7 Å². The molecule has 24 heavy (non-hydrogen) atoms. The smallest absolute Gasteiger partial charge is 0.111 e. The molecule has 2 rings (SSSR count). The largest absolute Gasteiger partial charge is 0.394 e. The molecule has 0 aliphatic heterocycles. The normalized spacial score (nSPS) is 13.4. The van der Waals surface area contributed by atoms with E-state index in [1.54, 1.807) is 0 Å². The van der Waals surface area contributed by atoms with Gasteiger partial charge in [-0.3, -0.25) is 0 Å². The lowest BCUT2D eigenvalue weighted by Gasteiger charge is -2.27. The van der Waals surface area contributed by atoms with Crippen LogP contribution in [-0.2, 0) is 22.7 Å². The van der Waals surface area contributed by atoms with Gasteiger partial charge in [-0.2, -0.15) is 0 Å².